The van der Waals surface area contributed by atoms with Gasteiger partial charge in [0.05, 0.1) is 25.2 Å². The van der Waals surface area contributed by atoms with Gasteiger partial charge in [0.2, 0.25) is 0 Å². The zero-order chi connectivity index (χ0) is 12.8. The van der Waals surface area contributed by atoms with E-state index < -0.39 is 5.97 Å². The van der Waals surface area contributed by atoms with Crippen LogP contribution in [0.5, 0.6) is 0 Å². The van der Waals surface area contributed by atoms with E-state index in [1.54, 1.807) is 11.0 Å². The standard InChI is InChI=1S/C11H11N3O2S/c1-8-9(6-10(17-8)11(15)16)7-14(4-2-12)5-3-13/h6H,4-5,7H2,1H3,(H,15,16). The third kappa shape index (κ3) is 3.56. The summed E-state index contributed by atoms with van der Waals surface area (Å²) in [6.07, 6.45) is 0. The molecule has 0 bridgehead atoms. The molecule has 0 aliphatic carbocycles. The van der Waals surface area contributed by atoms with Crippen molar-refractivity contribution >= 4 is 17.3 Å². The van der Waals surface area contributed by atoms with Crippen LogP contribution >= 0.6 is 11.3 Å². The van der Waals surface area contributed by atoms with Gasteiger partial charge in [0, 0.05) is 11.4 Å². The van der Waals surface area contributed by atoms with E-state index in [1.807, 2.05) is 19.1 Å². The van der Waals surface area contributed by atoms with Crippen molar-refractivity contribution in [3.63, 3.8) is 0 Å². The second-order valence-corrected chi connectivity index (χ2v) is 4.71. The summed E-state index contributed by atoms with van der Waals surface area (Å²) in [4.78, 5) is 13.7. The number of thiophene rings is 1. The highest BCUT2D eigenvalue weighted by molar-refractivity contribution is 7.14. The first-order valence-corrected chi connectivity index (χ1v) is 5.69. The average molecular weight is 249 g/mol. The Kier molecular flexibility index (Phi) is 4.65. The lowest BCUT2D eigenvalue weighted by Gasteiger charge is -2.14. The second kappa shape index (κ2) is 6.00. The SMILES string of the molecule is Cc1sc(C(=O)O)cc1CN(CC#N)CC#N. The molecule has 1 rings (SSSR count). The van der Waals surface area contributed by atoms with Crippen LogP contribution in [0.2, 0.25) is 0 Å². The summed E-state index contributed by atoms with van der Waals surface area (Å²) < 4.78 is 0. The zero-order valence-corrected chi connectivity index (χ0v) is 10.1. The van der Waals surface area contributed by atoms with E-state index in [0.29, 0.717) is 6.54 Å². The molecule has 0 fully saturated rings. The summed E-state index contributed by atoms with van der Waals surface area (Å²) in [6, 6.07) is 5.57. The Morgan fingerprint density at radius 3 is 2.47 bits per heavy atom. The topological polar surface area (TPSA) is 88.1 Å². The first-order chi connectivity index (χ1) is 8.08. The van der Waals surface area contributed by atoms with Gasteiger partial charge in [-0.1, -0.05) is 0 Å². The molecule has 1 aromatic heterocycles. The molecule has 0 amide bonds. The van der Waals surface area contributed by atoms with Gasteiger partial charge in [-0.25, -0.2) is 4.79 Å². The third-order valence-corrected chi connectivity index (χ3v) is 3.29. The van der Waals surface area contributed by atoms with Crippen LogP contribution in [0.1, 0.15) is 20.1 Å². The van der Waals surface area contributed by atoms with Crippen LogP contribution in [0.3, 0.4) is 0 Å². The number of aromatic carboxylic acids is 1. The van der Waals surface area contributed by atoms with Crippen molar-refractivity contribution in [2.75, 3.05) is 13.1 Å². The summed E-state index contributed by atoms with van der Waals surface area (Å²) in [5, 5.41) is 26.1. The van der Waals surface area contributed by atoms with Crippen molar-refractivity contribution < 1.29 is 9.90 Å². The molecule has 0 aromatic carbocycles. The van der Waals surface area contributed by atoms with Crippen LogP contribution in [0.15, 0.2) is 6.07 Å². The highest BCUT2D eigenvalue weighted by Gasteiger charge is 2.13. The fraction of sp³-hybridized carbons (Fsp3) is 0.364. The Morgan fingerprint density at radius 1 is 1.47 bits per heavy atom. The van der Waals surface area contributed by atoms with Gasteiger partial charge in [-0.05, 0) is 18.6 Å². The van der Waals surface area contributed by atoms with E-state index in [0.717, 1.165) is 10.4 Å². The number of hydrogen-bond acceptors (Lipinski definition) is 5. The monoisotopic (exact) mass is 249 g/mol. The Labute approximate surface area is 103 Å². The molecule has 0 radical (unpaired) electrons. The predicted molar refractivity (Wildman–Crippen MR) is 62.5 cm³/mol. The molecule has 1 heterocycles. The van der Waals surface area contributed by atoms with Crippen molar-refractivity contribution in [1.29, 1.82) is 10.5 Å². The van der Waals surface area contributed by atoms with Crippen molar-refractivity contribution in [2.45, 2.75) is 13.5 Å². The van der Waals surface area contributed by atoms with E-state index in [-0.39, 0.29) is 18.0 Å². The highest BCUT2D eigenvalue weighted by Crippen LogP contribution is 2.22. The zero-order valence-electron chi connectivity index (χ0n) is 9.30. The number of aryl methyl sites for hydroxylation is 1. The van der Waals surface area contributed by atoms with E-state index in [1.165, 1.54) is 11.3 Å². The Bertz CT molecular complexity index is 480. The van der Waals surface area contributed by atoms with E-state index in [4.69, 9.17) is 15.6 Å². The van der Waals surface area contributed by atoms with Crippen LogP contribution in [-0.4, -0.2) is 29.1 Å². The molecule has 0 aliphatic rings. The maximum absolute atomic E-state index is 10.8. The molecule has 0 unspecified atom stereocenters. The minimum Gasteiger partial charge on any atom is -0.477 e. The lowest BCUT2D eigenvalue weighted by Crippen LogP contribution is -2.23. The number of rotatable bonds is 5. The molecule has 0 spiro atoms. The van der Waals surface area contributed by atoms with E-state index >= 15 is 0 Å². The largest absolute Gasteiger partial charge is 0.477 e. The van der Waals surface area contributed by atoms with Crippen molar-refractivity contribution in [3.8, 4) is 12.1 Å². The summed E-state index contributed by atoms with van der Waals surface area (Å²) in [7, 11) is 0. The summed E-state index contributed by atoms with van der Waals surface area (Å²) in [5.74, 6) is -0.948. The minimum atomic E-state index is -0.948. The maximum Gasteiger partial charge on any atom is 0.345 e. The average Bonchev–Trinajstić information content (AvgIpc) is 2.61. The number of carbonyl (C=O) groups is 1. The lowest BCUT2D eigenvalue weighted by molar-refractivity contribution is 0.0702. The molecule has 6 heteroatoms. The Hall–Kier alpha value is -1.89. The highest BCUT2D eigenvalue weighted by atomic mass is 32.1. The molecule has 5 nitrogen and oxygen atoms in total. The van der Waals surface area contributed by atoms with Gasteiger partial charge in [-0.2, -0.15) is 10.5 Å². The van der Waals surface area contributed by atoms with Crippen molar-refractivity contribution in [3.05, 3.63) is 21.4 Å². The first kappa shape index (κ1) is 13.2. The predicted octanol–water partition coefficient (Wildman–Crippen LogP) is 1.60. The summed E-state index contributed by atoms with van der Waals surface area (Å²) in [5.41, 5.74) is 0.859. The molecule has 0 saturated heterocycles. The number of carboxylic acid groups (broad SMARTS) is 1. The second-order valence-electron chi connectivity index (χ2n) is 3.46. The van der Waals surface area contributed by atoms with Gasteiger partial charge in [0.15, 0.2) is 0 Å². The molecule has 0 aliphatic heterocycles. The number of carboxylic acids is 1. The van der Waals surface area contributed by atoms with Crippen LogP contribution in [-0.2, 0) is 6.54 Å². The van der Waals surface area contributed by atoms with Gasteiger partial charge in [0.1, 0.15) is 4.88 Å². The van der Waals surface area contributed by atoms with Crippen LogP contribution in [0, 0.1) is 29.6 Å². The van der Waals surface area contributed by atoms with Crippen LogP contribution < -0.4 is 0 Å². The van der Waals surface area contributed by atoms with E-state index in [9.17, 15) is 4.79 Å². The molecule has 0 atom stereocenters. The molecule has 1 N–H and O–H groups in total. The lowest BCUT2D eigenvalue weighted by atomic mass is 10.2. The van der Waals surface area contributed by atoms with Gasteiger partial charge in [0.25, 0.3) is 0 Å². The maximum atomic E-state index is 10.8. The van der Waals surface area contributed by atoms with Crippen LogP contribution in [0.4, 0.5) is 0 Å². The molecular formula is C11H11N3O2S. The van der Waals surface area contributed by atoms with Crippen molar-refractivity contribution in [2.24, 2.45) is 0 Å². The molecular weight excluding hydrogens is 238 g/mol. The van der Waals surface area contributed by atoms with E-state index in [2.05, 4.69) is 0 Å². The Balaban J connectivity index is 2.83. The summed E-state index contributed by atoms with van der Waals surface area (Å²) in [6.45, 7) is 2.58. The van der Waals surface area contributed by atoms with Gasteiger partial charge in [-0.15, -0.1) is 11.3 Å². The van der Waals surface area contributed by atoms with Gasteiger partial charge in [-0.3, -0.25) is 4.90 Å². The molecule has 0 saturated carbocycles. The minimum absolute atomic E-state index is 0.158. The smallest absolute Gasteiger partial charge is 0.345 e. The quantitative estimate of drug-likeness (QED) is 0.801. The molecule has 88 valence electrons. The number of nitrogens with zero attached hydrogens (tertiary/aromatic N) is 3. The molecule has 17 heavy (non-hydrogen) atoms. The molecule has 1 aromatic rings. The third-order valence-electron chi connectivity index (χ3n) is 2.21. The van der Waals surface area contributed by atoms with Gasteiger partial charge < -0.3 is 5.11 Å². The Morgan fingerprint density at radius 2 is 2.06 bits per heavy atom. The van der Waals surface area contributed by atoms with Crippen molar-refractivity contribution in [1.82, 2.24) is 4.90 Å². The van der Waals surface area contributed by atoms with Crippen LogP contribution in [0.25, 0.3) is 0 Å². The van der Waals surface area contributed by atoms with Gasteiger partial charge >= 0.3 is 5.97 Å². The number of nitriles is 2. The normalized spacial score (nSPS) is 9.88. The fourth-order valence-corrected chi connectivity index (χ4v) is 2.26. The fourth-order valence-electron chi connectivity index (χ4n) is 1.39. The summed E-state index contributed by atoms with van der Waals surface area (Å²) >= 11 is 1.21. The first-order valence-electron chi connectivity index (χ1n) is 4.87. The number of hydrogen-bond donors (Lipinski definition) is 1.